The SMILES string of the molecule is C[C@@H](O)[C@@H]1NC(=O)[C@H](CCCCN)NC(=O)[C@@H](CCCNC(N)=O)NC(=O)[C@H](Cc2ccc(O)cc2)NC(=O)[C@H](NC(=O)[C@@H](N)Cc2ccc(Cl)cc2)CSSC[C@@H](C(=O)N[C@H](Cc2ccc(O)cc2)C(N)=O)NC1=O. The predicted octanol–water partition coefficient (Wildman–Crippen LogP) is -1.66. The summed E-state index contributed by atoms with van der Waals surface area (Å²) in [6.07, 6.45) is -1.36. The molecule has 1 heterocycles. The minimum atomic E-state index is -1.75. The van der Waals surface area contributed by atoms with Gasteiger partial charge in [-0.3, -0.25) is 38.4 Å². The molecule has 76 heavy (non-hydrogen) atoms. The number of halogens is 1. The number of aliphatic hydroxyl groups is 1. The Morgan fingerprint density at radius 1 is 0.684 bits per heavy atom. The van der Waals surface area contributed by atoms with Crippen molar-refractivity contribution >= 4 is 86.5 Å². The minimum Gasteiger partial charge on any atom is -0.508 e. The van der Waals surface area contributed by atoms with Crippen LogP contribution in [0, 0.1) is 0 Å². The van der Waals surface area contributed by atoms with E-state index in [1.165, 1.54) is 55.5 Å². The van der Waals surface area contributed by atoms with Crippen LogP contribution >= 0.6 is 33.2 Å². The van der Waals surface area contributed by atoms with E-state index in [4.69, 9.17) is 34.5 Å². The Kier molecular flexibility index (Phi) is 25.4. The van der Waals surface area contributed by atoms with Gasteiger partial charge in [-0.25, -0.2) is 4.79 Å². The van der Waals surface area contributed by atoms with Gasteiger partial charge in [0.25, 0.3) is 0 Å². The highest BCUT2D eigenvalue weighted by Crippen LogP contribution is 2.24. The molecule has 0 aliphatic carbocycles. The Hall–Kier alpha value is -6.84. The van der Waals surface area contributed by atoms with Gasteiger partial charge in [-0.2, -0.15) is 0 Å². The van der Waals surface area contributed by atoms with Crippen LogP contribution in [0.3, 0.4) is 0 Å². The number of nitrogens with one attached hydrogen (secondary N) is 8. The van der Waals surface area contributed by atoms with Gasteiger partial charge < -0.3 is 80.8 Å². The molecule has 19 N–H and O–H groups in total. The first kappa shape index (κ1) is 61.7. The number of amides is 10. The molecule has 9 atom stereocenters. The van der Waals surface area contributed by atoms with Crippen molar-refractivity contribution < 1.29 is 58.5 Å². The number of nitrogens with two attached hydrogens (primary N) is 4. The number of phenolic OH excluding ortho intramolecular Hbond substituents is 2. The number of aromatic hydroxyl groups is 2. The molecule has 0 radical (unpaired) electrons. The van der Waals surface area contributed by atoms with E-state index in [-0.39, 0.29) is 81.0 Å². The Bertz CT molecular complexity index is 2460. The molecule has 3 aromatic carbocycles. The molecule has 3 aromatic rings. The molecule has 24 nitrogen and oxygen atoms in total. The fourth-order valence-electron chi connectivity index (χ4n) is 7.57. The van der Waals surface area contributed by atoms with Crippen molar-refractivity contribution in [2.75, 3.05) is 24.6 Å². The normalized spacial score (nSPS) is 21.4. The summed E-state index contributed by atoms with van der Waals surface area (Å²) >= 11 is 6.05. The minimum absolute atomic E-state index is 0.0286. The summed E-state index contributed by atoms with van der Waals surface area (Å²) in [6, 6.07) is 5.61. The number of urea groups is 1. The number of benzene rings is 3. The summed E-state index contributed by atoms with van der Waals surface area (Å²) < 4.78 is 0. The maximum absolute atomic E-state index is 14.5. The number of hydrogen-bond acceptors (Lipinski definition) is 16. The molecular formula is C49H67ClN12O12S2. The summed E-state index contributed by atoms with van der Waals surface area (Å²) in [6.45, 7) is 1.38. The van der Waals surface area contributed by atoms with Crippen molar-refractivity contribution in [1.82, 2.24) is 42.5 Å². The number of unbranched alkanes of at least 4 members (excludes halogenated alkanes) is 1. The van der Waals surface area contributed by atoms with Gasteiger partial charge in [0, 0.05) is 35.9 Å². The van der Waals surface area contributed by atoms with Crippen LogP contribution in [0.4, 0.5) is 4.79 Å². The highest BCUT2D eigenvalue weighted by atomic mass is 35.5. The second-order valence-electron chi connectivity index (χ2n) is 18.0. The number of primary amides is 2. The van der Waals surface area contributed by atoms with E-state index >= 15 is 0 Å². The Morgan fingerprint density at radius 2 is 1.21 bits per heavy atom. The number of carbonyl (C=O) groups excluding carboxylic acids is 9. The van der Waals surface area contributed by atoms with Gasteiger partial charge >= 0.3 is 6.03 Å². The van der Waals surface area contributed by atoms with E-state index in [0.717, 1.165) is 21.6 Å². The van der Waals surface area contributed by atoms with Crippen molar-refractivity contribution in [2.45, 2.75) is 113 Å². The van der Waals surface area contributed by atoms with E-state index in [1.807, 2.05) is 0 Å². The fourth-order valence-corrected chi connectivity index (χ4v) is 10.0. The zero-order valence-electron chi connectivity index (χ0n) is 41.6. The molecular weight excluding hydrogens is 1050 g/mol. The van der Waals surface area contributed by atoms with Crippen LogP contribution < -0.4 is 65.5 Å². The number of rotatable bonds is 20. The molecule has 414 valence electrons. The zero-order valence-corrected chi connectivity index (χ0v) is 44.0. The van der Waals surface area contributed by atoms with Gasteiger partial charge in [0.2, 0.25) is 47.3 Å². The lowest BCUT2D eigenvalue weighted by Gasteiger charge is -2.29. The fraction of sp³-hybridized carbons (Fsp3) is 0.449. The molecule has 1 fully saturated rings. The highest BCUT2D eigenvalue weighted by molar-refractivity contribution is 8.76. The second kappa shape index (κ2) is 31.3. The van der Waals surface area contributed by atoms with Crippen molar-refractivity contribution in [2.24, 2.45) is 22.9 Å². The number of aliphatic hydroxyl groups excluding tert-OH is 1. The zero-order chi connectivity index (χ0) is 55.9. The summed E-state index contributed by atoms with van der Waals surface area (Å²) in [7, 11) is 1.90. The lowest BCUT2D eigenvalue weighted by molar-refractivity contribution is -0.136. The maximum atomic E-state index is 14.5. The molecule has 1 saturated heterocycles. The van der Waals surface area contributed by atoms with Gasteiger partial charge in [0.1, 0.15) is 53.8 Å². The monoisotopic (exact) mass is 1110 g/mol. The third kappa shape index (κ3) is 21.1. The van der Waals surface area contributed by atoms with Crippen molar-refractivity contribution in [1.29, 1.82) is 0 Å². The first-order valence-corrected chi connectivity index (χ1v) is 27.1. The van der Waals surface area contributed by atoms with Crippen LogP contribution in [0.25, 0.3) is 0 Å². The molecule has 4 rings (SSSR count). The standard InChI is InChI=1S/C49H67ClN12O12S2/c1-26(63)40-48(73)61-39(46(71)58-36(41(53)66)22-28-9-15-31(64)16-10-28)25-76-75-24-38(60-42(67)33(52)21-27-7-13-30(50)14-8-27)47(72)59-37(23-29-11-17-32(65)18-12-29)45(70)57-35(6-4-20-55-49(54)74)43(68)56-34(44(69)62-40)5-2-3-19-51/h7-18,26,33-40,63-65H,2-6,19-25,51-52H2,1H3,(H2,53,66)(H,56,68)(H,57,70)(H,58,71)(H,59,72)(H,60,67)(H,61,73)(H,62,69)(H3,54,55,74)/t26-,33+,34+,35-,36-,37+,38-,39+,40+/m1/s1. The molecule has 1 aliphatic heterocycles. The topological polar surface area (TPSA) is 415 Å². The van der Waals surface area contributed by atoms with Crippen LogP contribution in [-0.4, -0.2) is 148 Å². The second-order valence-corrected chi connectivity index (χ2v) is 20.9. The average Bonchev–Trinajstić information content (AvgIpc) is 3.37. The van der Waals surface area contributed by atoms with Gasteiger partial charge in [0.15, 0.2) is 0 Å². The third-order valence-electron chi connectivity index (χ3n) is 11.8. The Morgan fingerprint density at radius 3 is 1.79 bits per heavy atom. The van der Waals surface area contributed by atoms with Crippen molar-refractivity contribution in [3.63, 3.8) is 0 Å². The predicted molar refractivity (Wildman–Crippen MR) is 286 cm³/mol. The lowest BCUT2D eigenvalue weighted by Crippen LogP contribution is -2.62. The molecule has 0 saturated carbocycles. The summed E-state index contributed by atoms with van der Waals surface area (Å²) in [4.78, 5) is 124. The lowest BCUT2D eigenvalue weighted by atomic mass is 10.0. The van der Waals surface area contributed by atoms with E-state index < -0.39 is 108 Å². The Balaban J connectivity index is 1.79. The first-order chi connectivity index (χ1) is 36.1. The number of carbonyl (C=O) groups is 9. The van der Waals surface area contributed by atoms with Crippen LogP contribution in [0.15, 0.2) is 72.8 Å². The summed E-state index contributed by atoms with van der Waals surface area (Å²) in [5.41, 5.74) is 24.7. The van der Waals surface area contributed by atoms with Gasteiger partial charge in [-0.15, -0.1) is 0 Å². The van der Waals surface area contributed by atoms with Crippen LogP contribution in [-0.2, 0) is 57.6 Å². The summed E-state index contributed by atoms with van der Waals surface area (Å²) in [5.74, 6) is -8.02. The average molecular weight is 1120 g/mol. The van der Waals surface area contributed by atoms with Crippen molar-refractivity contribution in [3.05, 3.63) is 94.5 Å². The van der Waals surface area contributed by atoms with Gasteiger partial charge in [0.05, 0.1) is 12.1 Å². The quantitative estimate of drug-likeness (QED) is 0.0445. The van der Waals surface area contributed by atoms with E-state index in [0.29, 0.717) is 28.1 Å². The molecule has 10 amide bonds. The van der Waals surface area contributed by atoms with E-state index in [9.17, 15) is 58.5 Å². The highest BCUT2D eigenvalue weighted by Gasteiger charge is 2.36. The van der Waals surface area contributed by atoms with Crippen molar-refractivity contribution in [3.8, 4) is 11.5 Å². The molecule has 1 aliphatic rings. The largest absolute Gasteiger partial charge is 0.508 e. The van der Waals surface area contributed by atoms with E-state index in [1.54, 1.807) is 24.3 Å². The Labute approximate surface area is 451 Å². The first-order valence-electron chi connectivity index (χ1n) is 24.3. The summed E-state index contributed by atoms with van der Waals surface area (Å²) in [5, 5.41) is 51.8. The van der Waals surface area contributed by atoms with Crippen LogP contribution in [0.5, 0.6) is 11.5 Å². The van der Waals surface area contributed by atoms with Gasteiger partial charge in [-0.05, 0) is 105 Å². The van der Waals surface area contributed by atoms with Crippen LogP contribution in [0.1, 0.15) is 55.7 Å². The number of phenols is 2. The maximum Gasteiger partial charge on any atom is 0.312 e. The third-order valence-corrected chi connectivity index (χ3v) is 14.5. The molecule has 0 aromatic heterocycles. The smallest absolute Gasteiger partial charge is 0.312 e. The van der Waals surface area contributed by atoms with E-state index in [2.05, 4.69) is 42.5 Å². The molecule has 27 heteroatoms. The molecule has 0 unspecified atom stereocenters. The molecule has 0 bridgehead atoms. The molecule has 0 spiro atoms. The number of hydrogen-bond donors (Lipinski definition) is 15. The van der Waals surface area contributed by atoms with Crippen LogP contribution in [0.2, 0.25) is 5.02 Å². The van der Waals surface area contributed by atoms with Gasteiger partial charge in [-0.1, -0.05) is 69.6 Å².